The van der Waals surface area contributed by atoms with Crippen molar-refractivity contribution in [3.8, 4) is 11.3 Å². The molecule has 1 saturated heterocycles. The van der Waals surface area contributed by atoms with E-state index in [9.17, 15) is 4.79 Å². The molecular formula is C22H24N4O. The molecule has 1 aliphatic carbocycles. The van der Waals surface area contributed by atoms with Gasteiger partial charge in [-0.3, -0.25) is 9.48 Å². The monoisotopic (exact) mass is 360 g/mol. The topological polar surface area (TPSA) is 51.0 Å². The molecule has 0 unspecified atom stereocenters. The molecule has 1 saturated carbocycles. The molecule has 5 rings (SSSR count). The van der Waals surface area contributed by atoms with Crippen LogP contribution in [0.4, 0.5) is 0 Å². The number of piperidine rings is 1. The van der Waals surface area contributed by atoms with Gasteiger partial charge in [-0.15, -0.1) is 0 Å². The highest BCUT2D eigenvalue weighted by Gasteiger charge is 2.40. The normalized spacial score (nSPS) is 21.3. The summed E-state index contributed by atoms with van der Waals surface area (Å²) in [5.74, 6) is 0.851. The fraction of sp³-hybridized carbons (Fsp3) is 0.409. The lowest BCUT2D eigenvalue weighted by Crippen LogP contribution is -2.37. The van der Waals surface area contributed by atoms with Crippen molar-refractivity contribution in [1.82, 2.24) is 19.7 Å². The van der Waals surface area contributed by atoms with Gasteiger partial charge in [-0.25, -0.2) is 4.98 Å². The fourth-order valence-corrected chi connectivity index (χ4v) is 4.70. The number of likely N-dealkylation sites (tertiary alicyclic amines) is 1. The van der Waals surface area contributed by atoms with Gasteiger partial charge in [0.25, 0.3) is 5.91 Å². The van der Waals surface area contributed by atoms with Gasteiger partial charge in [0.05, 0.1) is 23.0 Å². The fourth-order valence-electron chi connectivity index (χ4n) is 4.70. The first-order valence-electron chi connectivity index (χ1n) is 9.86. The first kappa shape index (κ1) is 16.5. The highest BCUT2D eigenvalue weighted by Crippen LogP contribution is 2.39. The Labute approximate surface area is 159 Å². The van der Waals surface area contributed by atoms with Crippen LogP contribution in [0.3, 0.4) is 0 Å². The maximum absolute atomic E-state index is 13.5. The molecule has 1 aliphatic heterocycles. The number of carbonyl (C=O) groups excluding carboxylic acids is 1. The highest BCUT2D eigenvalue weighted by atomic mass is 16.2. The summed E-state index contributed by atoms with van der Waals surface area (Å²) in [4.78, 5) is 20.4. The second kappa shape index (κ2) is 6.19. The number of carbonyl (C=O) groups is 1. The summed E-state index contributed by atoms with van der Waals surface area (Å²) in [5, 5.41) is 5.23. The Bertz CT molecular complexity index is 1040. The Morgan fingerprint density at radius 1 is 1.26 bits per heavy atom. The van der Waals surface area contributed by atoms with E-state index in [-0.39, 0.29) is 5.91 Å². The molecule has 0 N–H and O–H groups in total. The molecule has 1 amide bonds. The van der Waals surface area contributed by atoms with Gasteiger partial charge < -0.3 is 4.90 Å². The summed E-state index contributed by atoms with van der Waals surface area (Å²) in [7, 11) is 1.89. The molecule has 3 aromatic rings. The lowest BCUT2D eigenvalue weighted by molar-refractivity contribution is 0.0705. The van der Waals surface area contributed by atoms with Gasteiger partial charge in [0, 0.05) is 36.8 Å². The van der Waals surface area contributed by atoms with Gasteiger partial charge in [-0.05, 0) is 55.4 Å². The summed E-state index contributed by atoms with van der Waals surface area (Å²) in [6.45, 7) is 3.04. The van der Waals surface area contributed by atoms with Crippen molar-refractivity contribution in [1.29, 1.82) is 0 Å². The Kier molecular flexibility index (Phi) is 3.78. The maximum Gasteiger partial charge on any atom is 0.254 e. The van der Waals surface area contributed by atoms with Crippen LogP contribution >= 0.6 is 0 Å². The molecule has 2 aliphatic rings. The third-order valence-corrected chi connectivity index (χ3v) is 6.18. The number of hydrogen-bond acceptors (Lipinski definition) is 3. The molecule has 2 aromatic heterocycles. The summed E-state index contributed by atoms with van der Waals surface area (Å²) >= 11 is 0. The van der Waals surface area contributed by atoms with Crippen molar-refractivity contribution >= 4 is 16.8 Å². The van der Waals surface area contributed by atoms with Crippen LogP contribution in [0.2, 0.25) is 0 Å². The van der Waals surface area contributed by atoms with E-state index in [1.807, 2.05) is 25.4 Å². The number of aryl methyl sites for hydroxylation is 2. The van der Waals surface area contributed by atoms with Gasteiger partial charge in [0.2, 0.25) is 0 Å². The molecule has 3 heterocycles. The zero-order valence-electron chi connectivity index (χ0n) is 15.9. The van der Waals surface area contributed by atoms with E-state index in [0.29, 0.717) is 12.0 Å². The van der Waals surface area contributed by atoms with E-state index in [1.165, 1.54) is 18.4 Å². The Hall–Kier alpha value is -2.69. The van der Waals surface area contributed by atoms with Crippen molar-refractivity contribution in [3.63, 3.8) is 0 Å². The molecule has 2 fully saturated rings. The quantitative estimate of drug-likeness (QED) is 0.713. The SMILES string of the molecule is CCc1ccc2nc(-c3cnn(C)c3)cc(C(=O)N3C[C@H]4CC[C@H]3C4)c2c1. The number of benzene rings is 1. The molecule has 0 spiro atoms. The van der Waals surface area contributed by atoms with Crippen LogP contribution in [0.5, 0.6) is 0 Å². The molecule has 5 nitrogen and oxygen atoms in total. The predicted molar refractivity (Wildman–Crippen MR) is 105 cm³/mol. The van der Waals surface area contributed by atoms with Gasteiger partial charge >= 0.3 is 0 Å². The largest absolute Gasteiger partial charge is 0.335 e. The molecule has 5 heteroatoms. The van der Waals surface area contributed by atoms with E-state index in [0.717, 1.165) is 47.1 Å². The van der Waals surface area contributed by atoms with Gasteiger partial charge in [-0.2, -0.15) is 5.10 Å². The average Bonchev–Trinajstić information content (AvgIpc) is 3.43. The van der Waals surface area contributed by atoms with Gasteiger partial charge in [-0.1, -0.05) is 13.0 Å². The van der Waals surface area contributed by atoms with E-state index in [1.54, 1.807) is 10.9 Å². The van der Waals surface area contributed by atoms with Crippen molar-refractivity contribution in [3.05, 3.63) is 47.8 Å². The van der Waals surface area contributed by atoms with Crippen molar-refractivity contribution in [2.24, 2.45) is 13.0 Å². The first-order valence-corrected chi connectivity index (χ1v) is 9.86. The number of pyridine rings is 1. The van der Waals surface area contributed by atoms with Crippen molar-refractivity contribution < 1.29 is 4.79 Å². The zero-order chi connectivity index (χ0) is 18.5. The summed E-state index contributed by atoms with van der Waals surface area (Å²) in [5.41, 5.74) is 4.64. The number of rotatable bonds is 3. The van der Waals surface area contributed by atoms with Crippen molar-refractivity contribution in [2.75, 3.05) is 6.54 Å². The summed E-state index contributed by atoms with van der Waals surface area (Å²) in [6, 6.07) is 8.67. The highest BCUT2D eigenvalue weighted by molar-refractivity contribution is 6.07. The van der Waals surface area contributed by atoms with Crippen LogP contribution < -0.4 is 0 Å². The minimum absolute atomic E-state index is 0.160. The molecular weight excluding hydrogens is 336 g/mol. The maximum atomic E-state index is 13.5. The number of amides is 1. The van der Waals surface area contributed by atoms with Crippen molar-refractivity contribution in [2.45, 2.75) is 38.6 Å². The Morgan fingerprint density at radius 2 is 2.15 bits per heavy atom. The number of hydrogen-bond donors (Lipinski definition) is 0. The van der Waals surface area contributed by atoms with Gasteiger partial charge in [0.1, 0.15) is 0 Å². The van der Waals surface area contributed by atoms with E-state index >= 15 is 0 Å². The third-order valence-electron chi connectivity index (χ3n) is 6.18. The van der Waals surface area contributed by atoms with Crippen LogP contribution in [0.1, 0.15) is 42.1 Å². The first-order chi connectivity index (χ1) is 13.1. The zero-order valence-corrected chi connectivity index (χ0v) is 15.9. The van der Waals surface area contributed by atoms with E-state index < -0.39 is 0 Å². The Balaban J connectivity index is 1.66. The van der Waals surface area contributed by atoms with Crippen LogP contribution in [0.25, 0.3) is 22.2 Å². The lowest BCUT2D eigenvalue weighted by Gasteiger charge is -2.27. The molecule has 27 heavy (non-hydrogen) atoms. The van der Waals surface area contributed by atoms with Crippen LogP contribution in [0.15, 0.2) is 36.7 Å². The summed E-state index contributed by atoms with van der Waals surface area (Å²) in [6.07, 6.45) is 8.29. The standard InChI is InChI=1S/C22H24N4O/c1-3-14-5-7-20-18(9-14)19(10-21(24-20)16-11-23-25(2)13-16)22(27)26-12-15-4-6-17(26)8-15/h5,7,9-11,13,15,17H,3-4,6,8,12H2,1-2H3/t15-,17-/m0/s1. The van der Waals surface area contributed by atoms with Crippen LogP contribution in [-0.2, 0) is 13.5 Å². The third kappa shape index (κ3) is 2.73. The second-order valence-electron chi connectivity index (χ2n) is 7.95. The van der Waals surface area contributed by atoms with Crippen LogP contribution in [0, 0.1) is 5.92 Å². The van der Waals surface area contributed by atoms with E-state index in [2.05, 4.69) is 29.1 Å². The lowest BCUT2D eigenvalue weighted by atomic mass is 10.0. The molecule has 1 aromatic carbocycles. The molecule has 138 valence electrons. The number of nitrogens with zero attached hydrogens (tertiary/aromatic N) is 4. The molecule has 2 atom stereocenters. The smallest absolute Gasteiger partial charge is 0.254 e. The van der Waals surface area contributed by atoms with Gasteiger partial charge in [0.15, 0.2) is 0 Å². The molecule has 2 bridgehead atoms. The number of aromatic nitrogens is 3. The molecule has 0 radical (unpaired) electrons. The Morgan fingerprint density at radius 3 is 2.81 bits per heavy atom. The average molecular weight is 360 g/mol. The second-order valence-corrected chi connectivity index (χ2v) is 7.95. The minimum atomic E-state index is 0.160. The minimum Gasteiger partial charge on any atom is -0.335 e. The van der Waals surface area contributed by atoms with Crippen LogP contribution in [-0.4, -0.2) is 38.2 Å². The predicted octanol–water partition coefficient (Wildman–Crippen LogP) is 3.82. The summed E-state index contributed by atoms with van der Waals surface area (Å²) < 4.78 is 1.77. The van der Waals surface area contributed by atoms with E-state index in [4.69, 9.17) is 4.98 Å². The number of fused-ring (bicyclic) bond motifs is 3.